The lowest BCUT2D eigenvalue weighted by molar-refractivity contribution is -0.0111. The number of rotatable bonds is 7. The monoisotopic (exact) mass is 202 g/mol. The molecule has 1 atom stereocenters. The van der Waals surface area contributed by atoms with Crippen molar-refractivity contribution in [3.05, 3.63) is 0 Å². The van der Waals surface area contributed by atoms with Crippen LogP contribution in [0.15, 0.2) is 0 Å². The average Bonchev–Trinajstić information content (AvgIpc) is 2.12. The number of nitrogens with two attached hydrogens (primary N) is 1. The van der Waals surface area contributed by atoms with Gasteiger partial charge in [-0.15, -0.1) is 0 Å². The molecule has 0 saturated carbocycles. The summed E-state index contributed by atoms with van der Waals surface area (Å²) in [6, 6.07) is 0. The molecule has 3 heteroatoms. The van der Waals surface area contributed by atoms with Gasteiger partial charge in [0.1, 0.15) is 0 Å². The lowest BCUT2D eigenvalue weighted by Gasteiger charge is -2.33. The van der Waals surface area contributed by atoms with Gasteiger partial charge in [0.15, 0.2) is 0 Å². The van der Waals surface area contributed by atoms with Gasteiger partial charge in [0.25, 0.3) is 0 Å². The molecule has 0 heterocycles. The van der Waals surface area contributed by atoms with Gasteiger partial charge in [-0.3, -0.25) is 0 Å². The molecule has 0 radical (unpaired) electrons. The Labute approximate surface area is 88.6 Å². The molecule has 0 aliphatic carbocycles. The minimum absolute atomic E-state index is 0.0845. The maximum absolute atomic E-state index is 5.79. The fourth-order valence-corrected chi connectivity index (χ4v) is 1.04. The second kappa shape index (κ2) is 6.38. The highest BCUT2D eigenvalue weighted by Gasteiger charge is 2.22. The summed E-state index contributed by atoms with van der Waals surface area (Å²) in [6.45, 7) is 7.86. The van der Waals surface area contributed by atoms with E-state index in [1.807, 2.05) is 0 Å². The van der Waals surface area contributed by atoms with Crippen LogP contribution in [-0.4, -0.2) is 43.8 Å². The molecule has 0 aliphatic rings. The van der Waals surface area contributed by atoms with Crippen LogP contribution in [0.5, 0.6) is 0 Å². The number of hydrogen-bond donors (Lipinski definition) is 1. The Bertz CT molecular complexity index is 146. The van der Waals surface area contributed by atoms with Gasteiger partial charge in [-0.1, -0.05) is 13.3 Å². The predicted octanol–water partition coefficient (Wildman–Crippen LogP) is 1.47. The Hall–Kier alpha value is -0.120. The first-order chi connectivity index (χ1) is 6.44. The van der Waals surface area contributed by atoms with Crippen molar-refractivity contribution in [3.63, 3.8) is 0 Å². The number of ether oxygens (including phenoxy) is 1. The molecule has 0 spiro atoms. The van der Waals surface area contributed by atoms with Gasteiger partial charge in [0.05, 0.1) is 12.7 Å². The molecule has 14 heavy (non-hydrogen) atoms. The standard InChI is InChI=1S/C11H26N2O/c1-6-7-10(8-12)14-9-11(2,3)13(4)5/h10H,6-9,12H2,1-5H3. The molecule has 0 rings (SSSR count). The van der Waals surface area contributed by atoms with Crippen molar-refractivity contribution in [1.29, 1.82) is 0 Å². The highest BCUT2D eigenvalue weighted by Crippen LogP contribution is 2.12. The molecule has 0 bridgehead atoms. The SMILES string of the molecule is CCCC(CN)OCC(C)(C)N(C)C. The van der Waals surface area contributed by atoms with Gasteiger partial charge in [0.2, 0.25) is 0 Å². The molecule has 0 amide bonds. The first-order valence-corrected chi connectivity index (χ1v) is 5.43. The largest absolute Gasteiger partial charge is 0.375 e. The Balaban J connectivity index is 3.89. The maximum Gasteiger partial charge on any atom is 0.0698 e. The number of nitrogens with zero attached hydrogens (tertiary/aromatic N) is 1. The van der Waals surface area contributed by atoms with Crippen molar-refractivity contribution < 1.29 is 4.74 Å². The summed E-state index contributed by atoms with van der Waals surface area (Å²) >= 11 is 0. The maximum atomic E-state index is 5.79. The van der Waals surface area contributed by atoms with E-state index < -0.39 is 0 Å². The zero-order valence-corrected chi connectivity index (χ0v) is 10.3. The third kappa shape index (κ3) is 4.94. The third-order valence-corrected chi connectivity index (χ3v) is 2.76. The first kappa shape index (κ1) is 13.9. The summed E-state index contributed by atoms with van der Waals surface area (Å²) in [5.74, 6) is 0. The number of likely N-dealkylation sites (N-methyl/N-ethyl adjacent to an activating group) is 1. The van der Waals surface area contributed by atoms with Crippen molar-refractivity contribution in [3.8, 4) is 0 Å². The number of hydrogen-bond acceptors (Lipinski definition) is 3. The zero-order valence-electron chi connectivity index (χ0n) is 10.3. The molecule has 0 aromatic rings. The van der Waals surface area contributed by atoms with Crippen molar-refractivity contribution in [1.82, 2.24) is 4.90 Å². The van der Waals surface area contributed by atoms with Crippen molar-refractivity contribution in [2.24, 2.45) is 5.73 Å². The molecule has 1 unspecified atom stereocenters. The summed E-state index contributed by atoms with van der Waals surface area (Å²) in [5.41, 5.74) is 5.71. The van der Waals surface area contributed by atoms with E-state index >= 15 is 0 Å². The Kier molecular flexibility index (Phi) is 6.33. The second-order valence-corrected chi connectivity index (χ2v) is 4.66. The molecule has 3 nitrogen and oxygen atoms in total. The molecule has 0 fully saturated rings. The summed E-state index contributed by atoms with van der Waals surface area (Å²) in [5, 5.41) is 0. The van der Waals surface area contributed by atoms with Gasteiger partial charge >= 0.3 is 0 Å². The summed E-state index contributed by atoms with van der Waals surface area (Å²) in [4.78, 5) is 2.17. The normalized spacial score (nSPS) is 14.8. The van der Waals surface area contributed by atoms with Crippen molar-refractivity contribution >= 4 is 0 Å². The van der Waals surface area contributed by atoms with E-state index in [0.717, 1.165) is 19.4 Å². The molecule has 2 N–H and O–H groups in total. The van der Waals surface area contributed by atoms with E-state index in [4.69, 9.17) is 10.5 Å². The molecular formula is C11H26N2O. The highest BCUT2D eigenvalue weighted by atomic mass is 16.5. The van der Waals surface area contributed by atoms with Crippen LogP contribution in [0.25, 0.3) is 0 Å². The summed E-state index contributed by atoms with van der Waals surface area (Å²) < 4.78 is 5.79. The van der Waals surface area contributed by atoms with Crippen LogP contribution in [0.3, 0.4) is 0 Å². The van der Waals surface area contributed by atoms with Crippen molar-refractivity contribution in [2.45, 2.75) is 45.3 Å². The fraction of sp³-hybridized carbons (Fsp3) is 1.00. The molecule has 0 aromatic carbocycles. The van der Waals surface area contributed by atoms with E-state index in [9.17, 15) is 0 Å². The second-order valence-electron chi connectivity index (χ2n) is 4.66. The zero-order chi connectivity index (χ0) is 11.2. The smallest absolute Gasteiger partial charge is 0.0698 e. The van der Waals surface area contributed by atoms with E-state index in [1.165, 1.54) is 0 Å². The quantitative estimate of drug-likeness (QED) is 0.679. The molecule has 86 valence electrons. The van der Waals surface area contributed by atoms with Crippen LogP contribution in [0.1, 0.15) is 33.6 Å². The summed E-state index contributed by atoms with van der Waals surface area (Å²) in [7, 11) is 4.14. The predicted molar refractivity (Wildman–Crippen MR) is 61.5 cm³/mol. The Morgan fingerprint density at radius 2 is 1.93 bits per heavy atom. The lowest BCUT2D eigenvalue weighted by Crippen LogP contribution is -2.44. The Morgan fingerprint density at radius 3 is 2.29 bits per heavy atom. The van der Waals surface area contributed by atoms with E-state index in [0.29, 0.717) is 6.54 Å². The van der Waals surface area contributed by atoms with Crippen LogP contribution in [-0.2, 0) is 4.74 Å². The van der Waals surface area contributed by atoms with E-state index in [-0.39, 0.29) is 11.6 Å². The van der Waals surface area contributed by atoms with Crippen LogP contribution >= 0.6 is 0 Å². The van der Waals surface area contributed by atoms with Gasteiger partial charge in [0, 0.05) is 12.1 Å². The average molecular weight is 202 g/mol. The van der Waals surface area contributed by atoms with Crippen molar-refractivity contribution in [2.75, 3.05) is 27.2 Å². The molecule has 0 saturated heterocycles. The van der Waals surface area contributed by atoms with Gasteiger partial charge in [-0.2, -0.15) is 0 Å². The van der Waals surface area contributed by atoms with Crippen LogP contribution in [0.4, 0.5) is 0 Å². The minimum atomic E-state index is 0.0845. The third-order valence-electron chi connectivity index (χ3n) is 2.76. The first-order valence-electron chi connectivity index (χ1n) is 5.43. The highest BCUT2D eigenvalue weighted by molar-refractivity contribution is 4.77. The Morgan fingerprint density at radius 1 is 1.36 bits per heavy atom. The van der Waals surface area contributed by atoms with Crippen LogP contribution < -0.4 is 5.73 Å². The molecule has 0 aliphatic heterocycles. The summed E-state index contributed by atoms with van der Waals surface area (Å²) in [6.07, 6.45) is 2.41. The molecular weight excluding hydrogens is 176 g/mol. The van der Waals surface area contributed by atoms with Gasteiger partial charge < -0.3 is 15.4 Å². The van der Waals surface area contributed by atoms with Gasteiger partial charge in [-0.05, 0) is 34.4 Å². The lowest BCUT2D eigenvalue weighted by atomic mass is 10.1. The van der Waals surface area contributed by atoms with E-state index in [1.54, 1.807) is 0 Å². The minimum Gasteiger partial charge on any atom is -0.375 e. The van der Waals surface area contributed by atoms with Gasteiger partial charge in [-0.25, -0.2) is 0 Å². The topological polar surface area (TPSA) is 38.5 Å². The fourth-order valence-electron chi connectivity index (χ4n) is 1.04. The van der Waals surface area contributed by atoms with Crippen LogP contribution in [0, 0.1) is 0 Å². The molecule has 0 aromatic heterocycles. The van der Waals surface area contributed by atoms with E-state index in [2.05, 4.69) is 39.8 Å². The van der Waals surface area contributed by atoms with Crippen LogP contribution in [0.2, 0.25) is 0 Å².